The molecule has 45 heavy (non-hydrogen) atoms. The Labute approximate surface area is 276 Å². The van der Waals surface area contributed by atoms with Crippen LogP contribution in [0.25, 0.3) is 22.3 Å². The molecule has 0 aliphatic rings. The molecule has 0 saturated heterocycles. The zero-order chi connectivity index (χ0) is 34.3. The normalized spacial score (nSPS) is 13.1. The fraction of sp³-hybridized carbons (Fsp3) is 0.561. The first-order valence-corrected chi connectivity index (χ1v) is 18.2. The Kier molecular flexibility index (Phi) is 11.2. The van der Waals surface area contributed by atoms with E-state index >= 15 is 0 Å². The van der Waals surface area contributed by atoms with Crippen molar-refractivity contribution in [2.45, 2.75) is 151 Å². The third-order valence-electron chi connectivity index (χ3n) is 11.1. The molecule has 0 aliphatic carbocycles. The lowest BCUT2D eigenvalue weighted by atomic mass is 9.66. The van der Waals surface area contributed by atoms with Gasteiger partial charge in [-0.15, -0.1) is 0 Å². The maximum Gasteiger partial charge on any atom is 0.391 e. The van der Waals surface area contributed by atoms with Crippen LogP contribution >= 0.6 is 8.60 Å². The monoisotopic (exact) mass is 632 g/mol. The van der Waals surface area contributed by atoms with Crippen LogP contribution in [0.15, 0.2) is 36.4 Å². The largest absolute Gasteiger partial charge is 0.426 e. The summed E-state index contributed by atoms with van der Waals surface area (Å²) in [4.78, 5) is 21.3. The molecule has 0 bridgehead atoms. The van der Waals surface area contributed by atoms with Crippen LogP contribution in [0, 0.1) is 20.8 Å². The summed E-state index contributed by atoms with van der Waals surface area (Å²) in [6.45, 7) is 34.0. The molecule has 4 heteroatoms. The van der Waals surface area contributed by atoms with Gasteiger partial charge in [0, 0.05) is 11.1 Å². The van der Waals surface area contributed by atoms with Crippen LogP contribution in [0.2, 0.25) is 0 Å². The smallest absolute Gasteiger partial charge is 0.391 e. The Hall–Kier alpha value is -2.19. The van der Waals surface area contributed by atoms with Gasteiger partial charge in [-0.05, 0) is 107 Å². The van der Waals surface area contributed by atoms with Crippen molar-refractivity contribution in [1.29, 1.82) is 0 Å². The van der Waals surface area contributed by atoms with Crippen molar-refractivity contribution in [2.24, 2.45) is 0 Å². The zero-order valence-electron chi connectivity index (χ0n) is 31.0. The molecule has 0 aromatic heterocycles. The van der Waals surface area contributed by atoms with Crippen molar-refractivity contribution in [3.8, 4) is 28.0 Å². The summed E-state index contributed by atoms with van der Waals surface area (Å²) in [5.41, 5.74) is 12.5. The number of aryl methyl sites for hydroxylation is 2. The molecule has 0 unspecified atom stereocenters. The summed E-state index contributed by atoms with van der Waals surface area (Å²) in [7, 11) is -2.66. The van der Waals surface area contributed by atoms with E-state index in [1.54, 1.807) is 0 Å². The highest BCUT2D eigenvalue weighted by molar-refractivity contribution is 7.39. The van der Waals surface area contributed by atoms with Crippen molar-refractivity contribution >= 4 is 8.60 Å². The van der Waals surface area contributed by atoms with Gasteiger partial charge < -0.3 is 14.3 Å². The lowest BCUT2D eigenvalue weighted by Gasteiger charge is -2.39. The summed E-state index contributed by atoms with van der Waals surface area (Å²) in [5, 5.41) is 0. The van der Waals surface area contributed by atoms with Crippen molar-refractivity contribution in [3.05, 3.63) is 75.3 Å². The Morgan fingerprint density at radius 2 is 0.889 bits per heavy atom. The predicted molar refractivity (Wildman–Crippen MR) is 197 cm³/mol. The lowest BCUT2D eigenvalue weighted by Crippen LogP contribution is -2.27. The molecule has 0 spiro atoms. The maximum absolute atomic E-state index is 10.6. The van der Waals surface area contributed by atoms with Gasteiger partial charge in [-0.3, -0.25) is 0 Å². The van der Waals surface area contributed by atoms with E-state index in [1.165, 1.54) is 38.9 Å². The number of hydrogen-bond acceptors (Lipinski definition) is 3. The topological polar surface area (TPSA) is 49.7 Å². The second-order valence-corrected chi connectivity index (χ2v) is 16.5. The van der Waals surface area contributed by atoms with E-state index < -0.39 is 8.60 Å². The van der Waals surface area contributed by atoms with E-state index in [9.17, 15) is 9.79 Å². The molecule has 3 rings (SSSR count). The molecular weight excluding hydrogens is 571 g/mol. The van der Waals surface area contributed by atoms with Gasteiger partial charge in [0.05, 0.1) is 0 Å². The van der Waals surface area contributed by atoms with Gasteiger partial charge >= 0.3 is 8.60 Å². The molecule has 0 radical (unpaired) electrons. The zero-order valence-corrected chi connectivity index (χ0v) is 31.9. The quantitative estimate of drug-likeness (QED) is 0.195. The second kappa shape index (κ2) is 13.5. The molecule has 0 atom stereocenters. The second-order valence-electron chi connectivity index (χ2n) is 15.8. The van der Waals surface area contributed by atoms with Gasteiger partial charge in [0.1, 0.15) is 5.75 Å². The molecule has 0 aliphatic heterocycles. The Morgan fingerprint density at radius 1 is 0.556 bits per heavy atom. The fourth-order valence-corrected chi connectivity index (χ4v) is 6.94. The lowest BCUT2D eigenvalue weighted by molar-refractivity contribution is 0.359. The van der Waals surface area contributed by atoms with E-state index in [2.05, 4.69) is 140 Å². The summed E-state index contributed by atoms with van der Waals surface area (Å²) in [6, 6.07) is 13.7. The van der Waals surface area contributed by atoms with E-state index in [0.717, 1.165) is 47.9 Å². The SMILES string of the molecule is CCC(C)(C)c1cc(C)ccc1-c1c(C)c(-c2ccc(C)cc2C(C)(C)CC)c(C(C)(C)CC)c(OP(O)O)c1C(C)(C)CC. The van der Waals surface area contributed by atoms with Crippen LogP contribution in [-0.4, -0.2) is 9.79 Å². The maximum atomic E-state index is 10.6. The first-order chi connectivity index (χ1) is 20.7. The van der Waals surface area contributed by atoms with Crippen LogP contribution in [-0.2, 0) is 21.7 Å². The van der Waals surface area contributed by atoms with Crippen LogP contribution < -0.4 is 4.52 Å². The molecular formula is C41H61O3P. The number of benzene rings is 3. The van der Waals surface area contributed by atoms with Gasteiger partial charge in [-0.25, -0.2) is 0 Å². The fourth-order valence-electron chi connectivity index (χ4n) is 6.60. The molecule has 3 aromatic rings. The summed E-state index contributed by atoms with van der Waals surface area (Å²) >= 11 is 0. The molecule has 0 fully saturated rings. The first kappa shape index (κ1) is 37.3. The van der Waals surface area contributed by atoms with E-state index in [-0.39, 0.29) is 21.7 Å². The average molecular weight is 633 g/mol. The molecule has 0 heterocycles. The number of rotatable bonds is 12. The van der Waals surface area contributed by atoms with Gasteiger partial charge in [-0.2, -0.15) is 0 Å². The molecule has 2 N–H and O–H groups in total. The molecule has 0 saturated carbocycles. The van der Waals surface area contributed by atoms with E-state index in [4.69, 9.17) is 4.52 Å². The average Bonchev–Trinajstić information content (AvgIpc) is 2.97. The van der Waals surface area contributed by atoms with Gasteiger partial charge in [-0.1, -0.05) is 131 Å². The Balaban J connectivity index is 2.87. The standard InChI is InChI=1S/C41H61O3P/c1-16-38(8,9)31-24-26(5)20-22-29(31)33-28(7)34(30-23-21-27(6)25-32(30)39(10,11)17-2)36(41(14,15)19-4)37(44-45(42)43)35(33)40(12,13)18-3/h20-25,42-43H,16-19H2,1-15H3. The van der Waals surface area contributed by atoms with Crippen LogP contribution in [0.4, 0.5) is 0 Å². The third kappa shape index (κ3) is 7.22. The van der Waals surface area contributed by atoms with Crippen LogP contribution in [0.5, 0.6) is 5.75 Å². The summed E-state index contributed by atoms with van der Waals surface area (Å²) in [5.74, 6) is 0.641. The Bertz CT molecular complexity index is 1420. The molecule has 3 aromatic carbocycles. The van der Waals surface area contributed by atoms with E-state index in [1.807, 2.05) is 0 Å². The highest BCUT2D eigenvalue weighted by Gasteiger charge is 2.40. The summed E-state index contributed by atoms with van der Waals surface area (Å²) < 4.78 is 6.36. The minimum atomic E-state index is -2.66. The first-order valence-electron chi connectivity index (χ1n) is 17.0. The highest BCUT2D eigenvalue weighted by Crippen LogP contribution is 2.57. The van der Waals surface area contributed by atoms with Crippen LogP contribution in [0.3, 0.4) is 0 Å². The number of hydrogen-bond donors (Lipinski definition) is 2. The molecule has 0 amide bonds. The van der Waals surface area contributed by atoms with Crippen molar-refractivity contribution in [3.63, 3.8) is 0 Å². The predicted octanol–water partition coefficient (Wildman–Crippen LogP) is 12.3. The Morgan fingerprint density at radius 3 is 1.18 bits per heavy atom. The summed E-state index contributed by atoms with van der Waals surface area (Å²) in [6.07, 6.45) is 3.73. The molecule has 248 valence electrons. The van der Waals surface area contributed by atoms with Crippen LogP contribution in [0.1, 0.15) is 148 Å². The third-order valence-corrected chi connectivity index (χ3v) is 11.5. The highest BCUT2D eigenvalue weighted by atomic mass is 31.2. The van der Waals surface area contributed by atoms with Crippen molar-refractivity contribution < 1.29 is 14.3 Å². The van der Waals surface area contributed by atoms with Crippen molar-refractivity contribution in [2.75, 3.05) is 0 Å². The minimum absolute atomic E-state index is 0.0657. The minimum Gasteiger partial charge on any atom is -0.426 e. The van der Waals surface area contributed by atoms with Crippen molar-refractivity contribution in [1.82, 2.24) is 0 Å². The molecule has 3 nitrogen and oxygen atoms in total. The van der Waals surface area contributed by atoms with Gasteiger partial charge in [0.2, 0.25) is 0 Å². The van der Waals surface area contributed by atoms with Gasteiger partial charge in [0.15, 0.2) is 0 Å². The van der Waals surface area contributed by atoms with E-state index in [0.29, 0.717) is 5.75 Å². The van der Waals surface area contributed by atoms with Gasteiger partial charge in [0.25, 0.3) is 0 Å².